The Labute approximate surface area is 126 Å². The van der Waals surface area contributed by atoms with Crippen LogP contribution < -0.4 is 5.73 Å². The molecule has 0 saturated heterocycles. The molecule has 20 heavy (non-hydrogen) atoms. The number of nitrogens with two attached hydrogens (primary N) is 1. The normalized spacial score (nSPS) is 15.8. The van der Waals surface area contributed by atoms with Gasteiger partial charge in [-0.05, 0) is 30.9 Å². The van der Waals surface area contributed by atoms with E-state index in [1.807, 2.05) is 13.8 Å². The van der Waals surface area contributed by atoms with E-state index in [0.29, 0.717) is 18.0 Å². The van der Waals surface area contributed by atoms with Crippen LogP contribution in [0.2, 0.25) is 0 Å². The van der Waals surface area contributed by atoms with Crippen LogP contribution in [-0.2, 0) is 10.0 Å². The first-order chi connectivity index (χ1) is 9.32. The van der Waals surface area contributed by atoms with Gasteiger partial charge in [0, 0.05) is 18.2 Å². The lowest BCUT2D eigenvalue weighted by Gasteiger charge is -2.24. The minimum Gasteiger partial charge on any atom is -0.389 e. The highest BCUT2D eigenvalue weighted by atomic mass is 32.2. The first-order valence-electron chi connectivity index (χ1n) is 6.74. The highest BCUT2D eigenvalue weighted by molar-refractivity contribution is 7.89. The van der Waals surface area contributed by atoms with Crippen molar-refractivity contribution in [2.75, 3.05) is 6.54 Å². The van der Waals surface area contributed by atoms with E-state index in [9.17, 15) is 8.42 Å². The minimum absolute atomic E-state index is 0.149. The lowest BCUT2D eigenvalue weighted by atomic mass is 10.2. The smallest absolute Gasteiger partial charge is 0.243 e. The SMILES string of the molecule is CC(C)CN(C1CC1)S(=O)(=O)c1cccc(C(N)=S)c1. The molecule has 0 bridgehead atoms. The maximum atomic E-state index is 12.8. The van der Waals surface area contributed by atoms with Crippen LogP contribution in [0.1, 0.15) is 32.3 Å². The lowest BCUT2D eigenvalue weighted by molar-refractivity contribution is 0.360. The van der Waals surface area contributed by atoms with E-state index in [2.05, 4.69) is 0 Å². The Hall–Kier alpha value is -0.980. The molecule has 6 heteroatoms. The molecule has 2 rings (SSSR count). The maximum Gasteiger partial charge on any atom is 0.243 e. The molecule has 0 heterocycles. The summed E-state index contributed by atoms with van der Waals surface area (Å²) in [4.78, 5) is 0.485. The Morgan fingerprint density at radius 1 is 1.45 bits per heavy atom. The van der Waals surface area contributed by atoms with Crippen LogP contribution in [0.4, 0.5) is 0 Å². The van der Waals surface area contributed by atoms with Crippen LogP contribution in [0.25, 0.3) is 0 Å². The van der Waals surface area contributed by atoms with Crippen molar-refractivity contribution in [3.8, 4) is 0 Å². The lowest BCUT2D eigenvalue weighted by Crippen LogP contribution is -2.36. The molecule has 2 N–H and O–H groups in total. The fourth-order valence-corrected chi connectivity index (χ4v) is 4.13. The van der Waals surface area contributed by atoms with Crippen LogP contribution in [0.5, 0.6) is 0 Å². The van der Waals surface area contributed by atoms with Gasteiger partial charge in [-0.15, -0.1) is 0 Å². The molecular weight excluding hydrogens is 292 g/mol. The van der Waals surface area contributed by atoms with Gasteiger partial charge in [0.15, 0.2) is 0 Å². The third-order valence-electron chi connectivity index (χ3n) is 3.22. The van der Waals surface area contributed by atoms with E-state index < -0.39 is 10.0 Å². The van der Waals surface area contributed by atoms with Crippen molar-refractivity contribution in [1.29, 1.82) is 0 Å². The summed E-state index contributed by atoms with van der Waals surface area (Å²) in [6, 6.07) is 6.73. The van der Waals surface area contributed by atoms with Gasteiger partial charge in [0.25, 0.3) is 0 Å². The zero-order valence-corrected chi connectivity index (χ0v) is 13.4. The van der Waals surface area contributed by atoms with Gasteiger partial charge in [0.05, 0.1) is 4.90 Å². The van der Waals surface area contributed by atoms with Crippen molar-refractivity contribution in [3.05, 3.63) is 29.8 Å². The van der Waals surface area contributed by atoms with Gasteiger partial charge in [0.1, 0.15) is 4.99 Å². The van der Waals surface area contributed by atoms with Crippen molar-refractivity contribution in [3.63, 3.8) is 0 Å². The predicted octanol–water partition coefficient (Wildman–Crippen LogP) is 2.13. The van der Waals surface area contributed by atoms with Crippen molar-refractivity contribution < 1.29 is 8.42 Å². The number of rotatable bonds is 6. The summed E-state index contributed by atoms with van der Waals surface area (Å²) in [5.74, 6) is 0.296. The Kier molecular flexibility index (Phi) is 4.46. The molecular formula is C14H20N2O2S2. The molecule has 0 radical (unpaired) electrons. The molecule has 0 aliphatic heterocycles. The minimum atomic E-state index is -3.47. The highest BCUT2D eigenvalue weighted by Gasteiger charge is 2.38. The molecule has 0 amide bonds. The third-order valence-corrected chi connectivity index (χ3v) is 5.37. The van der Waals surface area contributed by atoms with E-state index in [-0.39, 0.29) is 15.9 Å². The molecule has 0 atom stereocenters. The summed E-state index contributed by atoms with van der Waals surface area (Å²) >= 11 is 4.91. The molecule has 0 spiro atoms. The molecule has 4 nitrogen and oxygen atoms in total. The molecule has 1 aromatic rings. The topological polar surface area (TPSA) is 63.4 Å². The standard InChI is InChI=1S/C14H20N2O2S2/c1-10(2)9-16(12-6-7-12)20(17,18)13-5-3-4-11(8-13)14(15)19/h3-5,8,10,12H,6-7,9H2,1-2H3,(H2,15,19). The Bertz CT molecular complexity index is 607. The van der Waals surface area contributed by atoms with Crippen LogP contribution in [0.15, 0.2) is 29.2 Å². The average molecular weight is 312 g/mol. The first kappa shape index (κ1) is 15.4. The predicted molar refractivity (Wildman–Crippen MR) is 84.1 cm³/mol. The zero-order chi connectivity index (χ0) is 14.9. The second-order valence-corrected chi connectivity index (χ2v) is 7.92. The zero-order valence-electron chi connectivity index (χ0n) is 11.7. The Balaban J connectivity index is 2.37. The van der Waals surface area contributed by atoms with Crippen LogP contribution in [0, 0.1) is 5.92 Å². The molecule has 1 saturated carbocycles. The summed E-state index contributed by atoms with van der Waals surface area (Å²) in [6.45, 7) is 4.59. The fraction of sp³-hybridized carbons (Fsp3) is 0.500. The summed E-state index contributed by atoms with van der Waals surface area (Å²) in [6.07, 6.45) is 1.89. The molecule has 0 unspecified atom stereocenters. The van der Waals surface area contributed by atoms with Crippen molar-refractivity contribution in [2.45, 2.75) is 37.6 Å². The van der Waals surface area contributed by atoms with Crippen molar-refractivity contribution >= 4 is 27.2 Å². The quantitative estimate of drug-likeness (QED) is 0.817. The van der Waals surface area contributed by atoms with Gasteiger partial charge >= 0.3 is 0 Å². The van der Waals surface area contributed by atoms with E-state index in [1.165, 1.54) is 0 Å². The fourth-order valence-electron chi connectivity index (χ4n) is 2.11. The van der Waals surface area contributed by atoms with Gasteiger partial charge < -0.3 is 5.73 Å². The Morgan fingerprint density at radius 3 is 2.60 bits per heavy atom. The molecule has 1 aliphatic rings. The van der Waals surface area contributed by atoms with Gasteiger partial charge in [0.2, 0.25) is 10.0 Å². The number of benzene rings is 1. The molecule has 1 aromatic carbocycles. The second kappa shape index (κ2) is 5.79. The number of hydrogen-bond acceptors (Lipinski definition) is 3. The van der Waals surface area contributed by atoms with E-state index in [4.69, 9.17) is 18.0 Å². The number of sulfonamides is 1. The van der Waals surface area contributed by atoms with E-state index in [0.717, 1.165) is 12.8 Å². The van der Waals surface area contributed by atoms with Crippen LogP contribution in [-0.4, -0.2) is 30.3 Å². The second-order valence-electron chi connectivity index (χ2n) is 5.59. The summed E-state index contributed by atoms with van der Waals surface area (Å²) in [5.41, 5.74) is 6.16. The first-order valence-corrected chi connectivity index (χ1v) is 8.59. The van der Waals surface area contributed by atoms with Crippen LogP contribution >= 0.6 is 12.2 Å². The van der Waals surface area contributed by atoms with Crippen molar-refractivity contribution in [2.24, 2.45) is 11.7 Å². The van der Waals surface area contributed by atoms with E-state index >= 15 is 0 Å². The average Bonchev–Trinajstić information content (AvgIpc) is 3.20. The molecule has 110 valence electrons. The van der Waals surface area contributed by atoms with Crippen molar-refractivity contribution in [1.82, 2.24) is 4.31 Å². The molecule has 1 fully saturated rings. The molecule has 1 aliphatic carbocycles. The summed E-state index contributed by atoms with van der Waals surface area (Å²) in [5, 5.41) is 0. The number of thiocarbonyl (C=S) groups is 1. The number of hydrogen-bond donors (Lipinski definition) is 1. The van der Waals surface area contributed by atoms with Crippen LogP contribution in [0.3, 0.4) is 0 Å². The highest BCUT2D eigenvalue weighted by Crippen LogP contribution is 2.32. The largest absolute Gasteiger partial charge is 0.389 e. The number of nitrogens with zero attached hydrogens (tertiary/aromatic N) is 1. The maximum absolute atomic E-state index is 12.8. The van der Waals surface area contributed by atoms with Gasteiger partial charge in [-0.3, -0.25) is 0 Å². The monoisotopic (exact) mass is 312 g/mol. The molecule has 0 aromatic heterocycles. The van der Waals surface area contributed by atoms with E-state index in [1.54, 1.807) is 28.6 Å². The Morgan fingerprint density at radius 2 is 2.10 bits per heavy atom. The van der Waals surface area contributed by atoms with Gasteiger partial charge in [-0.25, -0.2) is 8.42 Å². The third kappa shape index (κ3) is 3.37. The van der Waals surface area contributed by atoms with Gasteiger partial charge in [-0.1, -0.05) is 38.2 Å². The summed E-state index contributed by atoms with van der Waals surface area (Å²) < 4.78 is 27.2. The summed E-state index contributed by atoms with van der Waals surface area (Å²) in [7, 11) is -3.47. The van der Waals surface area contributed by atoms with Gasteiger partial charge in [-0.2, -0.15) is 4.31 Å².